The Morgan fingerprint density at radius 2 is 2.06 bits per heavy atom. The minimum atomic E-state index is -0.547. The second-order valence-electron chi connectivity index (χ2n) is 4.91. The lowest BCUT2D eigenvalue weighted by Gasteiger charge is -2.39. The number of hydrogen-bond donors (Lipinski definition) is 1. The Labute approximate surface area is 106 Å². The Balaban J connectivity index is 2.01. The van der Waals surface area contributed by atoms with Gasteiger partial charge < -0.3 is 10.2 Å². The van der Waals surface area contributed by atoms with Gasteiger partial charge in [-0.05, 0) is 31.3 Å². The Morgan fingerprint density at radius 3 is 2.71 bits per heavy atom. The van der Waals surface area contributed by atoms with Crippen LogP contribution in [-0.4, -0.2) is 47.4 Å². The van der Waals surface area contributed by atoms with Gasteiger partial charge in [0.1, 0.15) is 5.54 Å². The van der Waals surface area contributed by atoms with Crippen molar-refractivity contribution in [1.82, 2.24) is 10.2 Å². The highest BCUT2D eigenvalue weighted by Crippen LogP contribution is 2.33. The quantitative estimate of drug-likeness (QED) is 0.764. The zero-order chi connectivity index (χ0) is 12.3. The summed E-state index contributed by atoms with van der Waals surface area (Å²) in [5.74, 6) is 1.20. The minimum Gasteiger partial charge on any atom is -0.340 e. The molecule has 1 N–H and O–H groups in total. The van der Waals surface area contributed by atoms with E-state index in [9.17, 15) is 9.59 Å². The van der Waals surface area contributed by atoms with E-state index in [2.05, 4.69) is 11.6 Å². The summed E-state index contributed by atoms with van der Waals surface area (Å²) >= 11 is 1.78. The zero-order valence-electron chi connectivity index (χ0n) is 10.3. The first kappa shape index (κ1) is 12.7. The van der Waals surface area contributed by atoms with Crippen molar-refractivity contribution < 1.29 is 9.59 Å². The smallest absolute Gasteiger partial charge is 0.248 e. The molecule has 96 valence electrons. The topological polar surface area (TPSA) is 49.4 Å². The second-order valence-corrected chi connectivity index (χ2v) is 5.90. The van der Waals surface area contributed by atoms with E-state index in [1.54, 1.807) is 16.7 Å². The van der Waals surface area contributed by atoms with Crippen molar-refractivity contribution >= 4 is 23.6 Å². The molecule has 0 aromatic rings. The number of amides is 2. The fourth-order valence-electron chi connectivity index (χ4n) is 2.81. The van der Waals surface area contributed by atoms with E-state index in [4.69, 9.17) is 0 Å². The molecule has 0 radical (unpaired) electrons. The molecule has 1 saturated heterocycles. The highest BCUT2D eigenvalue weighted by molar-refractivity contribution is 7.98. The summed E-state index contributed by atoms with van der Waals surface area (Å²) in [6.07, 6.45) is 6.75. The van der Waals surface area contributed by atoms with Crippen molar-refractivity contribution in [3.8, 4) is 0 Å². The molecule has 0 unspecified atom stereocenters. The molecule has 2 aliphatic rings. The van der Waals surface area contributed by atoms with Crippen molar-refractivity contribution in [2.24, 2.45) is 0 Å². The SMILES string of the molecule is CSCCCN1CC(=O)NC2(CCCC2)C1=O. The van der Waals surface area contributed by atoms with E-state index in [0.29, 0.717) is 0 Å². The van der Waals surface area contributed by atoms with Crippen molar-refractivity contribution in [2.45, 2.75) is 37.6 Å². The molecule has 1 aliphatic carbocycles. The molecule has 0 aromatic carbocycles. The van der Waals surface area contributed by atoms with Crippen LogP contribution in [0.4, 0.5) is 0 Å². The average molecular weight is 256 g/mol. The number of piperazine rings is 1. The standard InChI is InChI=1S/C12H20N2O2S/c1-17-8-4-7-14-9-10(15)13-12(11(14)16)5-2-3-6-12/h2-9H2,1H3,(H,13,15). The molecule has 0 atom stereocenters. The number of thioether (sulfide) groups is 1. The lowest BCUT2D eigenvalue weighted by molar-refractivity contribution is -0.149. The van der Waals surface area contributed by atoms with Crippen LogP contribution in [0.25, 0.3) is 0 Å². The molecule has 2 rings (SSSR count). The summed E-state index contributed by atoms with van der Waals surface area (Å²) in [4.78, 5) is 25.8. The number of nitrogens with one attached hydrogen (secondary N) is 1. The van der Waals surface area contributed by atoms with E-state index in [1.165, 1.54) is 0 Å². The Hall–Kier alpha value is -0.710. The molecule has 17 heavy (non-hydrogen) atoms. The second kappa shape index (κ2) is 5.29. The van der Waals surface area contributed by atoms with Gasteiger partial charge in [-0.15, -0.1) is 0 Å². The van der Waals surface area contributed by atoms with E-state index in [-0.39, 0.29) is 18.4 Å². The molecule has 0 aromatic heterocycles. The third-order valence-corrected chi connectivity index (χ3v) is 4.34. The van der Waals surface area contributed by atoms with Gasteiger partial charge in [-0.3, -0.25) is 9.59 Å². The van der Waals surface area contributed by atoms with Crippen LogP contribution >= 0.6 is 11.8 Å². The lowest BCUT2D eigenvalue weighted by atomic mass is 9.93. The lowest BCUT2D eigenvalue weighted by Crippen LogP contribution is -2.65. The van der Waals surface area contributed by atoms with E-state index >= 15 is 0 Å². The van der Waals surface area contributed by atoms with Crippen LogP contribution < -0.4 is 5.32 Å². The van der Waals surface area contributed by atoms with Crippen LogP contribution in [-0.2, 0) is 9.59 Å². The van der Waals surface area contributed by atoms with Crippen LogP contribution in [0, 0.1) is 0 Å². The van der Waals surface area contributed by atoms with Gasteiger partial charge in [-0.2, -0.15) is 11.8 Å². The van der Waals surface area contributed by atoms with E-state index < -0.39 is 5.54 Å². The maximum Gasteiger partial charge on any atom is 0.248 e. The first-order chi connectivity index (χ1) is 8.18. The summed E-state index contributed by atoms with van der Waals surface area (Å²) < 4.78 is 0. The van der Waals surface area contributed by atoms with Crippen molar-refractivity contribution in [3.05, 3.63) is 0 Å². The maximum absolute atomic E-state index is 12.4. The molecular formula is C12H20N2O2S. The fourth-order valence-corrected chi connectivity index (χ4v) is 3.22. The minimum absolute atomic E-state index is 0.00986. The van der Waals surface area contributed by atoms with Gasteiger partial charge in [0.05, 0.1) is 6.54 Å². The number of carbonyl (C=O) groups is 2. The predicted molar refractivity (Wildman–Crippen MR) is 68.9 cm³/mol. The third kappa shape index (κ3) is 2.59. The van der Waals surface area contributed by atoms with Crippen LogP contribution in [0.3, 0.4) is 0 Å². The first-order valence-electron chi connectivity index (χ1n) is 6.27. The molecule has 1 spiro atoms. The fraction of sp³-hybridized carbons (Fsp3) is 0.833. The molecule has 0 bridgehead atoms. The molecule has 1 saturated carbocycles. The van der Waals surface area contributed by atoms with Gasteiger partial charge >= 0.3 is 0 Å². The highest BCUT2D eigenvalue weighted by Gasteiger charge is 2.47. The summed E-state index contributed by atoms with van der Waals surface area (Å²) in [7, 11) is 0. The predicted octanol–water partition coefficient (Wildman–Crippen LogP) is 1.01. The number of carbonyl (C=O) groups excluding carboxylic acids is 2. The molecule has 1 heterocycles. The Bertz CT molecular complexity index is 314. The van der Waals surface area contributed by atoms with Crippen LogP contribution in [0.2, 0.25) is 0 Å². The summed E-state index contributed by atoms with van der Waals surface area (Å²) in [6, 6.07) is 0. The number of rotatable bonds is 4. The summed E-state index contributed by atoms with van der Waals surface area (Å²) in [5.41, 5.74) is -0.547. The van der Waals surface area contributed by atoms with E-state index in [1.807, 2.05) is 0 Å². The summed E-state index contributed by atoms with van der Waals surface area (Å²) in [6.45, 7) is 0.962. The normalized spacial score (nSPS) is 23.2. The van der Waals surface area contributed by atoms with Gasteiger partial charge in [0.25, 0.3) is 0 Å². The molecule has 4 nitrogen and oxygen atoms in total. The van der Waals surface area contributed by atoms with Crippen LogP contribution in [0.15, 0.2) is 0 Å². The zero-order valence-corrected chi connectivity index (χ0v) is 11.1. The third-order valence-electron chi connectivity index (χ3n) is 3.64. The van der Waals surface area contributed by atoms with Gasteiger partial charge in [0.15, 0.2) is 0 Å². The summed E-state index contributed by atoms with van der Waals surface area (Å²) in [5, 5.41) is 2.93. The Kier molecular flexibility index (Phi) is 3.97. The average Bonchev–Trinajstić information content (AvgIpc) is 2.75. The van der Waals surface area contributed by atoms with Crippen molar-refractivity contribution in [3.63, 3.8) is 0 Å². The van der Waals surface area contributed by atoms with Crippen LogP contribution in [0.5, 0.6) is 0 Å². The number of nitrogens with zero attached hydrogens (tertiary/aromatic N) is 1. The van der Waals surface area contributed by atoms with Crippen molar-refractivity contribution in [2.75, 3.05) is 25.1 Å². The molecule has 5 heteroatoms. The monoisotopic (exact) mass is 256 g/mol. The first-order valence-corrected chi connectivity index (χ1v) is 7.67. The van der Waals surface area contributed by atoms with Gasteiger partial charge in [-0.1, -0.05) is 12.8 Å². The van der Waals surface area contributed by atoms with E-state index in [0.717, 1.165) is 44.4 Å². The van der Waals surface area contributed by atoms with Gasteiger partial charge in [0, 0.05) is 6.54 Å². The highest BCUT2D eigenvalue weighted by atomic mass is 32.2. The Morgan fingerprint density at radius 1 is 1.35 bits per heavy atom. The van der Waals surface area contributed by atoms with Gasteiger partial charge in [0.2, 0.25) is 11.8 Å². The maximum atomic E-state index is 12.4. The van der Waals surface area contributed by atoms with Gasteiger partial charge in [-0.25, -0.2) is 0 Å². The largest absolute Gasteiger partial charge is 0.340 e. The van der Waals surface area contributed by atoms with Crippen molar-refractivity contribution in [1.29, 1.82) is 0 Å². The molecule has 2 fully saturated rings. The molecular weight excluding hydrogens is 236 g/mol. The van der Waals surface area contributed by atoms with Crippen LogP contribution in [0.1, 0.15) is 32.1 Å². The number of hydrogen-bond acceptors (Lipinski definition) is 3. The molecule has 1 aliphatic heterocycles. The molecule has 2 amide bonds.